The number of aromatic nitrogens is 4. The summed E-state index contributed by atoms with van der Waals surface area (Å²) in [7, 11) is 2.91. The fourth-order valence-electron chi connectivity index (χ4n) is 4.25. The highest BCUT2D eigenvalue weighted by molar-refractivity contribution is 5.75. The number of benzene rings is 1. The molecule has 1 aliphatic heterocycles. The number of fused-ring (bicyclic) bond motifs is 1. The first-order chi connectivity index (χ1) is 15.9. The first-order valence-electron chi connectivity index (χ1n) is 10.8. The van der Waals surface area contributed by atoms with Crippen LogP contribution in [0, 0.1) is 17.7 Å². The molecule has 10 heteroatoms. The average Bonchev–Trinajstić information content (AvgIpc) is 3.20. The zero-order valence-corrected chi connectivity index (χ0v) is 19.0. The Balaban J connectivity index is 1.93. The summed E-state index contributed by atoms with van der Waals surface area (Å²) < 4.78 is 23.9. The lowest BCUT2D eigenvalue weighted by Gasteiger charge is -2.31. The van der Waals surface area contributed by atoms with Crippen LogP contribution in [0.3, 0.4) is 0 Å². The summed E-state index contributed by atoms with van der Waals surface area (Å²) in [6, 6.07) is 4.62. The number of rotatable bonds is 5. The van der Waals surface area contributed by atoms with Gasteiger partial charge >= 0.3 is 5.69 Å². The molecule has 1 atom stereocenters. The first kappa shape index (κ1) is 22.6. The Hall–Kier alpha value is -3.58. The third-order valence-corrected chi connectivity index (χ3v) is 5.96. The van der Waals surface area contributed by atoms with Crippen molar-refractivity contribution in [2.24, 2.45) is 12.8 Å². The van der Waals surface area contributed by atoms with E-state index in [4.69, 9.17) is 10.5 Å². The van der Waals surface area contributed by atoms with Gasteiger partial charge in [0.2, 0.25) is 5.95 Å². The van der Waals surface area contributed by atoms with Crippen molar-refractivity contribution in [2.45, 2.75) is 38.9 Å². The summed E-state index contributed by atoms with van der Waals surface area (Å²) >= 11 is 0. The molecule has 1 fully saturated rings. The van der Waals surface area contributed by atoms with E-state index in [0.29, 0.717) is 12.5 Å². The highest BCUT2D eigenvalue weighted by Gasteiger charge is 2.26. The molecular weight excluding hydrogens is 427 g/mol. The Morgan fingerprint density at radius 1 is 1.30 bits per heavy atom. The van der Waals surface area contributed by atoms with Crippen molar-refractivity contribution in [3.05, 3.63) is 50.4 Å². The zero-order valence-electron chi connectivity index (χ0n) is 19.0. The average molecular weight is 455 g/mol. The van der Waals surface area contributed by atoms with E-state index in [2.05, 4.69) is 16.8 Å². The molecule has 0 radical (unpaired) electrons. The largest absolute Gasteiger partial charge is 0.494 e. The van der Waals surface area contributed by atoms with Crippen LogP contribution in [0.5, 0.6) is 5.75 Å². The van der Waals surface area contributed by atoms with Crippen LogP contribution in [0.1, 0.15) is 25.3 Å². The van der Waals surface area contributed by atoms with E-state index in [1.54, 1.807) is 24.6 Å². The van der Waals surface area contributed by atoms with E-state index in [1.165, 1.54) is 23.8 Å². The van der Waals surface area contributed by atoms with Crippen LogP contribution in [-0.4, -0.2) is 44.9 Å². The number of piperidine rings is 1. The molecule has 33 heavy (non-hydrogen) atoms. The van der Waals surface area contributed by atoms with Crippen LogP contribution in [-0.2, 0) is 20.1 Å². The van der Waals surface area contributed by atoms with E-state index in [9.17, 15) is 14.0 Å². The predicted molar refractivity (Wildman–Crippen MR) is 124 cm³/mol. The van der Waals surface area contributed by atoms with Gasteiger partial charge in [-0.3, -0.25) is 18.5 Å². The molecule has 3 heterocycles. The van der Waals surface area contributed by atoms with Crippen LogP contribution in [0.2, 0.25) is 0 Å². The number of methoxy groups -OCH3 is 1. The molecule has 3 aromatic rings. The molecule has 1 aliphatic rings. The van der Waals surface area contributed by atoms with Crippen molar-refractivity contribution >= 4 is 17.1 Å². The highest BCUT2D eigenvalue weighted by Crippen LogP contribution is 2.23. The number of aryl methyl sites for hydroxylation is 1. The predicted octanol–water partition coefficient (Wildman–Crippen LogP) is 1.04. The summed E-state index contributed by atoms with van der Waals surface area (Å²) in [4.78, 5) is 33.3. The minimum absolute atomic E-state index is 0.000727. The zero-order chi connectivity index (χ0) is 23.7. The van der Waals surface area contributed by atoms with E-state index < -0.39 is 17.1 Å². The van der Waals surface area contributed by atoms with Crippen molar-refractivity contribution in [1.82, 2.24) is 18.7 Å². The quantitative estimate of drug-likeness (QED) is 0.579. The monoisotopic (exact) mass is 454 g/mol. The van der Waals surface area contributed by atoms with Gasteiger partial charge in [-0.2, -0.15) is 4.98 Å². The second-order valence-corrected chi connectivity index (χ2v) is 8.11. The summed E-state index contributed by atoms with van der Waals surface area (Å²) in [5.74, 6) is 5.83. The van der Waals surface area contributed by atoms with Crippen molar-refractivity contribution < 1.29 is 9.13 Å². The minimum Gasteiger partial charge on any atom is -0.494 e. The molecule has 0 unspecified atom stereocenters. The van der Waals surface area contributed by atoms with Gasteiger partial charge in [0.15, 0.2) is 22.7 Å². The number of hydrogen-bond donors (Lipinski definition) is 1. The fourth-order valence-corrected chi connectivity index (χ4v) is 4.25. The van der Waals surface area contributed by atoms with Gasteiger partial charge in [-0.25, -0.2) is 9.18 Å². The lowest BCUT2D eigenvalue weighted by atomic mass is 10.1. The van der Waals surface area contributed by atoms with Crippen molar-refractivity contribution in [2.75, 3.05) is 25.1 Å². The normalized spacial score (nSPS) is 16.0. The smallest absolute Gasteiger partial charge is 0.332 e. The number of anilines is 1. The first-order valence-corrected chi connectivity index (χ1v) is 10.8. The fraction of sp³-hybridized carbons (Fsp3) is 0.435. The summed E-state index contributed by atoms with van der Waals surface area (Å²) in [6.07, 6.45) is 1.82. The summed E-state index contributed by atoms with van der Waals surface area (Å²) in [6.45, 7) is 3.05. The van der Waals surface area contributed by atoms with Crippen LogP contribution in [0.4, 0.5) is 10.3 Å². The van der Waals surface area contributed by atoms with Gasteiger partial charge in [0, 0.05) is 31.7 Å². The SMILES string of the molecule is CC#CCn1c(N2CCC[C@@H](N)C2)nc2c1c(=O)n(Cc1cccc(OC)c1F)c(=O)n2C. The van der Waals surface area contributed by atoms with Crippen LogP contribution in [0.15, 0.2) is 27.8 Å². The number of imidazole rings is 1. The Morgan fingerprint density at radius 3 is 2.79 bits per heavy atom. The maximum absolute atomic E-state index is 14.8. The molecule has 1 saturated heterocycles. The molecule has 4 rings (SSSR count). The van der Waals surface area contributed by atoms with Gasteiger partial charge in [0.05, 0.1) is 20.2 Å². The lowest BCUT2D eigenvalue weighted by Crippen LogP contribution is -2.44. The molecule has 0 saturated carbocycles. The molecule has 0 amide bonds. The van der Waals surface area contributed by atoms with Gasteiger partial charge in [0.1, 0.15) is 0 Å². The molecule has 9 nitrogen and oxygen atoms in total. The minimum atomic E-state index is -0.609. The lowest BCUT2D eigenvalue weighted by molar-refractivity contribution is 0.383. The van der Waals surface area contributed by atoms with Crippen molar-refractivity contribution in [1.29, 1.82) is 0 Å². The molecule has 0 bridgehead atoms. The molecule has 0 spiro atoms. The Labute approximate surface area is 190 Å². The van der Waals surface area contributed by atoms with Crippen LogP contribution < -0.4 is 26.6 Å². The molecular formula is C23H27FN6O3. The van der Waals surface area contributed by atoms with Crippen molar-refractivity contribution in [3.8, 4) is 17.6 Å². The summed E-state index contributed by atoms with van der Waals surface area (Å²) in [5.41, 5.74) is 5.72. The third-order valence-electron chi connectivity index (χ3n) is 5.96. The Kier molecular flexibility index (Phi) is 6.24. The van der Waals surface area contributed by atoms with Gasteiger partial charge in [-0.15, -0.1) is 5.92 Å². The number of nitrogens with two attached hydrogens (primary N) is 1. The Morgan fingerprint density at radius 2 is 2.09 bits per heavy atom. The standard InChI is InChI=1S/C23H27FN6O3/c1-4-5-12-29-19-20(26-22(29)28-11-7-9-16(25)14-28)27(2)23(32)30(21(19)31)13-15-8-6-10-17(33-3)18(15)24/h6,8,10,16H,7,9,11-14,25H2,1-3H3/t16-/m1/s1. The van der Waals surface area contributed by atoms with Crippen LogP contribution in [0.25, 0.3) is 11.2 Å². The van der Waals surface area contributed by atoms with Gasteiger partial charge in [0.25, 0.3) is 5.56 Å². The maximum Gasteiger partial charge on any atom is 0.332 e. The topological polar surface area (TPSA) is 100 Å². The van der Waals surface area contributed by atoms with E-state index in [1.807, 2.05) is 4.90 Å². The van der Waals surface area contributed by atoms with E-state index >= 15 is 0 Å². The molecule has 2 aromatic heterocycles. The molecule has 2 N–H and O–H groups in total. The van der Waals surface area contributed by atoms with Gasteiger partial charge < -0.3 is 15.4 Å². The van der Waals surface area contributed by atoms with Gasteiger partial charge in [-0.1, -0.05) is 18.1 Å². The third kappa shape index (κ3) is 4.00. The maximum atomic E-state index is 14.8. The van der Waals surface area contributed by atoms with E-state index in [-0.39, 0.29) is 41.6 Å². The van der Waals surface area contributed by atoms with Crippen LogP contribution >= 0.6 is 0 Å². The second kappa shape index (κ2) is 9.11. The van der Waals surface area contributed by atoms with E-state index in [0.717, 1.165) is 24.0 Å². The van der Waals surface area contributed by atoms with Gasteiger partial charge in [-0.05, 0) is 25.8 Å². The summed E-state index contributed by atoms with van der Waals surface area (Å²) in [5, 5.41) is 0. The number of ether oxygens (including phenoxy) is 1. The Bertz CT molecular complexity index is 1380. The molecule has 174 valence electrons. The molecule has 1 aromatic carbocycles. The van der Waals surface area contributed by atoms with Crippen molar-refractivity contribution in [3.63, 3.8) is 0 Å². The molecule has 0 aliphatic carbocycles. The number of nitrogens with zero attached hydrogens (tertiary/aromatic N) is 5. The highest BCUT2D eigenvalue weighted by atomic mass is 19.1. The number of hydrogen-bond acceptors (Lipinski definition) is 6. The number of halogens is 1. The second-order valence-electron chi connectivity index (χ2n) is 8.11.